The number of hydrogen-bond acceptors (Lipinski definition) is 4. The van der Waals surface area contributed by atoms with Crippen LogP contribution in [0.15, 0.2) is 23.4 Å². The van der Waals surface area contributed by atoms with Gasteiger partial charge in [0.15, 0.2) is 0 Å². The highest BCUT2D eigenvalue weighted by molar-refractivity contribution is 7.09. The summed E-state index contributed by atoms with van der Waals surface area (Å²) in [4.78, 5) is 15.5. The largest absolute Gasteiger partial charge is 0.478 e. The van der Waals surface area contributed by atoms with E-state index >= 15 is 0 Å². The number of carboxylic acids is 1. The molecule has 0 amide bonds. The Balaban J connectivity index is 2.23. The lowest BCUT2D eigenvalue weighted by Gasteiger charge is -1.98. The van der Waals surface area contributed by atoms with E-state index in [2.05, 4.69) is 10.3 Å². The minimum absolute atomic E-state index is 0.363. The molecule has 0 aliphatic carbocycles. The van der Waals surface area contributed by atoms with Gasteiger partial charge in [-0.1, -0.05) is 6.08 Å². The van der Waals surface area contributed by atoms with E-state index in [1.165, 1.54) is 0 Å². The number of hydrogen-bond donors (Lipinski definition) is 2. The quantitative estimate of drug-likeness (QED) is 0.570. The smallest absolute Gasteiger partial charge is 0.330 e. The van der Waals surface area contributed by atoms with Crippen LogP contribution >= 0.6 is 11.3 Å². The fourth-order valence-electron chi connectivity index (χ4n) is 0.837. The van der Waals surface area contributed by atoms with E-state index in [-0.39, 0.29) is 0 Å². The lowest BCUT2D eigenvalue weighted by molar-refractivity contribution is -0.132. The third-order valence-corrected chi connectivity index (χ3v) is 2.45. The summed E-state index contributed by atoms with van der Waals surface area (Å²) in [7, 11) is 0. The van der Waals surface area contributed by atoms with Crippen LogP contribution in [0, 0.1) is 0 Å². The Morgan fingerprint density at radius 3 is 3.14 bits per heavy atom. The van der Waals surface area contributed by atoms with Crippen molar-refractivity contribution in [2.45, 2.75) is 13.5 Å². The first kappa shape index (κ1) is 10.9. The van der Waals surface area contributed by atoms with Crippen molar-refractivity contribution < 1.29 is 9.90 Å². The molecule has 0 saturated heterocycles. The molecule has 4 nitrogen and oxygen atoms in total. The highest BCUT2D eigenvalue weighted by atomic mass is 32.1. The maximum atomic E-state index is 10.4. The number of carboxylic acid groups (broad SMARTS) is 1. The van der Waals surface area contributed by atoms with Gasteiger partial charge in [0.1, 0.15) is 0 Å². The van der Waals surface area contributed by atoms with E-state index in [9.17, 15) is 4.79 Å². The Morgan fingerprint density at radius 2 is 2.57 bits per heavy atom. The fourth-order valence-corrected chi connectivity index (χ4v) is 1.40. The standard InChI is InChI=1S/C9H12N2O2S/c1-7(9(12)13)2-3-10-4-8-5-11-6-14-8/h2,5-6,10H,3-4H2,1H3,(H,12,13). The molecule has 0 saturated carbocycles. The van der Waals surface area contributed by atoms with Gasteiger partial charge in [0.2, 0.25) is 0 Å². The maximum Gasteiger partial charge on any atom is 0.330 e. The molecule has 1 heterocycles. The average molecular weight is 212 g/mol. The van der Waals surface area contributed by atoms with Crippen molar-refractivity contribution in [3.63, 3.8) is 0 Å². The van der Waals surface area contributed by atoms with E-state index < -0.39 is 5.97 Å². The number of rotatable bonds is 5. The lowest BCUT2D eigenvalue weighted by Crippen LogP contribution is -2.13. The molecule has 5 heteroatoms. The van der Waals surface area contributed by atoms with E-state index in [0.717, 1.165) is 11.4 Å². The summed E-state index contributed by atoms with van der Waals surface area (Å²) in [5, 5.41) is 11.7. The van der Waals surface area contributed by atoms with E-state index in [0.29, 0.717) is 12.1 Å². The molecule has 0 atom stereocenters. The van der Waals surface area contributed by atoms with Gasteiger partial charge >= 0.3 is 5.97 Å². The molecule has 14 heavy (non-hydrogen) atoms. The SMILES string of the molecule is CC(=CCNCc1cncs1)C(=O)O. The summed E-state index contributed by atoms with van der Waals surface area (Å²) in [5.74, 6) is -0.871. The van der Waals surface area contributed by atoms with Crippen molar-refractivity contribution in [2.75, 3.05) is 6.54 Å². The summed E-state index contributed by atoms with van der Waals surface area (Å²) in [6.07, 6.45) is 3.45. The molecule has 0 spiro atoms. The summed E-state index contributed by atoms with van der Waals surface area (Å²) >= 11 is 1.58. The van der Waals surface area contributed by atoms with Crippen molar-refractivity contribution in [1.29, 1.82) is 0 Å². The molecule has 1 aromatic heterocycles. The number of aromatic nitrogens is 1. The van der Waals surface area contributed by atoms with Crippen LogP contribution in [-0.4, -0.2) is 22.6 Å². The predicted octanol–water partition coefficient (Wildman–Crippen LogP) is 1.26. The number of nitrogens with one attached hydrogen (secondary N) is 1. The second-order valence-electron chi connectivity index (χ2n) is 2.79. The highest BCUT2D eigenvalue weighted by Gasteiger charge is 1.97. The van der Waals surface area contributed by atoms with Crippen molar-refractivity contribution in [3.05, 3.63) is 28.2 Å². The molecule has 0 unspecified atom stereocenters. The number of thiazole rings is 1. The summed E-state index contributed by atoms with van der Waals surface area (Å²) < 4.78 is 0. The highest BCUT2D eigenvalue weighted by Crippen LogP contribution is 2.03. The first-order valence-electron chi connectivity index (χ1n) is 4.18. The van der Waals surface area contributed by atoms with Gasteiger partial charge in [-0.05, 0) is 6.92 Å². The molecule has 76 valence electrons. The Labute approximate surface area is 86.3 Å². The zero-order valence-electron chi connectivity index (χ0n) is 7.86. The second-order valence-corrected chi connectivity index (χ2v) is 3.76. The van der Waals surface area contributed by atoms with Gasteiger partial charge in [0, 0.05) is 29.7 Å². The van der Waals surface area contributed by atoms with Gasteiger partial charge in [-0.2, -0.15) is 0 Å². The molecule has 1 aromatic rings. The summed E-state index contributed by atoms with van der Waals surface area (Å²) in [6, 6.07) is 0. The van der Waals surface area contributed by atoms with Crippen LogP contribution in [0.2, 0.25) is 0 Å². The molecule has 0 radical (unpaired) electrons. The number of aliphatic carboxylic acids is 1. The molecular formula is C9H12N2O2S. The minimum atomic E-state index is -0.871. The van der Waals surface area contributed by atoms with Crippen LogP contribution < -0.4 is 5.32 Å². The zero-order chi connectivity index (χ0) is 10.4. The number of carbonyl (C=O) groups is 1. The average Bonchev–Trinajstić information content (AvgIpc) is 2.64. The molecule has 0 aliphatic heterocycles. The maximum absolute atomic E-state index is 10.4. The van der Waals surface area contributed by atoms with Crippen LogP contribution in [-0.2, 0) is 11.3 Å². The molecule has 1 rings (SSSR count). The van der Waals surface area contributed by atoms with Crippen molar-refractivity contribution in [2.24, 2.45) is 0 Å². The zero-order valence-corrected chi connectivity index (χ0v) is 8.67. The first-order valence-corrected chi connectivity index (χ1v) is 5.06. The number of nitrogens with zero attached hydrogens (tertiary/aromatic N) is 1. The molecular weight excluding hydrogens is 200 g/mol. The monoisotopic (exact) mass is 212 g/mol. The summed E-state index contributed by atoms with van der Waals surface area (Å²) in [5.41, 5.74) is 2.14. The fraction of sp³-hybridized carbons (Fsp3) is 0.333. The predicted molar refractivity (Wildman–Crippen MR) is 55.2 cm³/mol. The molecule has 2 N–H and O–H groups in total. The van der Waals surface area contributed by atoms with Crippen molar-refractivity contribution in [3.8, 4) is 0 Å². The molecule has 0 aliphatic rings. The third-order valence-electron chi connectivity index (χ3n) is 1.67. The first-order chi connectivity index (χ1) is 6.70. The van der Waals surface area contributed by atoms with Gasteiger partial charge in [-0.15, -0.1) is 11.3 Å². The molecule has 0 bridgehead atoms. The van der Waals surface area contributed by atoms with Gasteiger partial charge < -0.3 is 10.4 Å². The van der Waals surface area contributed by atoms with E-state index in [4.69, 9.17) is 5.11 Å². The summed E-state index contributed by atoms with van der Waals surface area (Å²) in [6.45, 7) is 2.88. The van der Waals surface area contributed by atoms with Crippen LogP contribution in [0.4, 0.5) is 0 Å². The molecule has 0 aromatic carbocycles. The van der Waals surface area contributed by atoms with Crippen LogP contribution in [0.25, 0.3) is 0 Å². The molecule has 0 fully saturated rings. The van der Waals surface area contributed by atoms with E-state index in [1.54, 1.807) is 36.0 Å². The van der Waals surface area contributed by atoms with E-state index in [1.807, 2.05) is 0 Å². The van der Waals surface area contributed by atoms with Gasteiger partial charge in [0.05, 0.1) is 5.51 Å². The van der Waals surface area contributed by atoms with Crippen LogP contribution in [0.3, 0.4) is 0 Å². The lowest BCUT2D eigenvalue weighted by atomic mass is 10.3. The van der Waals surface area contributed by atoms with Crippen LogP contribution in [0.1, 0.15) is 11.8 Å². The van der Waals surface area contributed by atoms with Gasteiger partial charge in [0.25, 0.3) is 0 Å². The van der Waals surface area contributed by atoms with Crippen molar-refractivity contribution in [1.82, 2.24) is 10.3 Å². The third kappa shape index (κ3) is 3.68. The van der Waals surface area contributed by atoms with Gasteiger partial charge in [-0.25, -0.2) is 4.79 Å². The van der Waals surface area contributed by atoms with Crippen molar-refractivity contribution >= 4 is 17.3 Å². The van der Waals surface area contributed by atoms with Gasteiger partial charge in [-0.3, -0.25) is 4.98 Å². The minimum Gasteiger partial charge on any atom is -0.478 e. The second kappa shape index (κ2) is 5.51. The topological polar surface area (TPSA) is 62.2 Å². The normalized spacial score (nSPS) is 11.6. The van der Waals surface area contributed by atoms with Crippen LogP contribution in [0.5, 0.6) is 0 Å². The Bertz CT molecular complexity index is 320. The Hall–Kier alpha value is -1.20. The Kier molecular flexibility index (Phi) is 4.28. The Morgan fingerprint density at radius 1 is 1.79 bits per heavy atom.